The molecule has 0 radical (unpaired) electrons. The molecule has 1 aliphatic heterocycles. The first-order valence-corrected chi connectivity index (χ1v) is 8.22. The lowest BCUT2D eigenvalue weighted by Gasteiger charge is -2.07. The molecule has 0 saturated heterocycles. The lowest BCUT2D eigenvalue weighted by Crippen LogP contribution is -2.19. The van der Waals surface area contributed by atoms with Crippen LogP contribution in [0.1, 0.15) is 25.6 Å². The fourth-order valence-electron chi connectivity index (χ4n) is 2.31. The topological polar surface area (TPSA) is 84.7 Å². The minimum absolute atomic E-state index is 0.140. The minimum atomic E-state index is -0.231. The molecule has 8 nitrogen and oxygen atoms in total. The first-order valence-electron chi connectivity index (χ1n) is 8.22. The summed E-state index contributed by atoms with van der Waals surface area (Å²) in [5.41, 5.74) is 0.699. The van der Waals surface area contributed by atoms with Crippen molar-refractivity contribution in [2.75, 3.05) is 26.6 Å². The summed E-state index contributed by atoms with van der Waals surface area (Å²) in [5.74, 6) is 1.29. The highest BCUT2D eigenvalue weighted by molar-refractivity contribution is 5.84. The van der Waals surface area contributed by atoms with Crippen molar-refractivity contribution in [2.45, 2.75) is 20.8 Å². The molecule has 3 rings (SSSR count). The summed E-state index contributed by atoms with van der Waals surface area (Å²) in [5, 5.41) is 4.21. The molecule has 0 N–H and O–H groups in total. The summed E-state index contributed by atoms with van der Waals surface area (Å²) in [6.45, 7) is 7.07. The largest absolute Gasteiger partial charge is 0.460 e. The van der Waals surface area contributed by atoms with E-state index in [2.05, 4.69) is 10.1 Å². The number of nitrogens with zero attached hydrogens (tertiary/aromatic N) is 3. The van der Waals surface area contributed by atoms with Crippen molar-refractivity contribution in [1.82, 2.24) is 14.8 Å². The number of aromatic nitrogens is 3. The zero-order valence-electron chi connectivity index (χ0n) is 14.5. The summed E-state index contributed by atoms with van der Waals surface area (Å²) in [6.07, 6.45) is 0. The molecular formula is C17H21N3O5. The Morgan fingerprint density at radius 2 is 2.08 bits per heavy atom. The molecule has 1 aromatic heterocycles. The van der Waals surface area contributed by atoms with Crippen molar-refractivity contribution < 1.29 is 23.7 Å². The van der Waals surface area contributed by atoms with Crippen LogP contribution in [0.2, 0.25) is 0 Å². The minimum Gasteiger partial charge on any atom is -0.460 e. The Balaban J connectivity index is 1.90. The van der Waals surface area contributed by atoms with E-state index in [4.69, 9.17) is 18.9 Å². The number of rotatable bonds is 7. The molecule has 8 heteroatoms. The molecule has 1 aliphatic rings. The maximum atomic E-state index is 12.5. The zero-order chi connectivity index (χ0) is 17.8. The van der Waals surface area contributed by atoms with Crippen LogP contribution in [-0.2, 0) is 4.74 Å². The van der Waals surface area contributed by atoms with Gasteiger partial charge in [0.05, 0.1) is 6.61 Å². The highest BCUT2D eigenvalue weighted by Crippen LogP contribution is 2.35. The molecule has 0 unspecified atom stereocenters. The Morgan fingerprint density at radius 1 is 1.28 bits per heavy atom. The number of carbonyl (C=O) groups is 1. The van der Waals surface area contributed by atoms with Gasteiger partial charge in [0.1, 0.15) is 6.61 Å². The van der Waals surface area contributed by atoms with Gasteiger partial charge in [-0.25, -0.2) is 0 Å². The number of fused-ring (bicyclic) bond motifs is 1. The third-order valence-corrected chi connectivity index (χ3v) is 3.58. The first-order chi connectivity index (χ1) is 12.1. The molecule has 0 fully saturated rings. The third-order valence-electron chi connectivity index (χ3n) is 3.58. The Bertz CT molecular complexity index is 757. The van der Waals surface area contributed by atoms with Crippen LogP contribution in [0.4, 0.5) is 0 Å². The second kappa shape index (κ2) is 7.52. The van der Waals surface area contributed by atoms with Gasteiger partial charge in [-0.15, -0.1) is 5.10 Å². The molecule has 0 spiro atoms. The van der Waals surface area contributed by atoms with Gasteiger partial charge in [-0.3, -0.25) is 4.79 Å². The SMILES string of the molecule is CCOCCOc1nc(-c2ccc3c(c2)OCO3)n(C(=O)C(C)C)n1. The van der Waals surface area contributed by atoms with Crippen LogP contribution >= 0.6 is 0 Å². The molecule has 2 aromatic rings. The number of benzene rings is 1. The Kier molecular flexibility index (Phi) is 5.18. The van der Waals surface area contributed by atoms with E-state index in [0.717, 1.165) is 0 Å². The van der Waals surface area contributed by atoms with Gasteiger partial charge in [-0.1, -0.05) is 13.8 Å². The Morgan fingerprint density at radius 3 is 2.84 bits per heavy atom. The molecule has 25 heavy (non-hydrogen) atoms. The lowest BCUT2D eigenvalue weighted by molar-refractivity contribution is 0.0834. The zero-order valence-corrected chi connectivity index (χ0v) is 14.5. The van der Waals surface area contributed by atoms with E-state index < -0.39 is 0 Å². The van der Waals surface area contributed by atoms with Gasteiger partial charge in [-0.2, -0.15) is 9.67 Å². The van der Waals surface area contributed by atoms with E-state index in [9.17, 15) is 4.79 Å². The molecule has 0 aliphatic carbocycles. The maximum absolute atomic E-state index is 12.5. The fraction of sp³-hybridized carbons (Fsp3) is 0.471. The molecule has 1 aromatic carbocycles. The van der Waals surface area contributed by atoms with E-state index >= 15 is 0 Å². The second-order valence-corrected chi connectivity index (χ2v) is 5.74. The van der Waals surface area contributed by atoms with Gasteiger partial charge in [0.15, 0.2) is 17.3 Å². The van der Waals surface area contributed by atoms with E-state index in [-0.39, 0.29) is 24.6 Å². The van der Waals surface area contributed by atoms with Crippen LogP contribution in [0, 0.1) is 5.92 Å². The maximum Gasteiger partial charge on any atom is 0.336 e. The van der Waals surface area contributed by atoms with Gasteiger partial charge in [0.2, 0.25) is 6.79 Å². The molecule has 0 saturated carbocycles. The van der Waals surface area contributed by atoms with E-state index in [1.165, 1.54) is 4.68 Å². The van der Waals surface area contributed by atoms with Gasteiger partial charge in [-0.05, 0) is 25.1 Å². The second-order valence-electron chi connectivity index (χ2n) is 5.74. The summed E-state index contributed by atoms with van der Waals surface area (Å²) in [6, 6.07) is 5.51. The molecule has 0 atom stereocenters. The van der Waals surface area contributed by atoms with Gasteiger partial charge in [0.25, 0.3) is 5.91 Å². The Hall–Kier alpha value is -2.61. The Labute approximate surface area is 145 Å². The average Bonchev–Trinajstić information content (AvgIpc) is 3.23. The third kappa shape index (κ3) is 3.74. The quantitative estimate of drug-likeness (QED) is 0.711. The molecule has 0 bridgehead atoms. The smallest absolute Gasteiger partial charge is 0.336 e. The van der Waals surface area contributed by atoms with Crippen molar-refractivity contribution >= 4 is 5.91 Å². The summed E-state index contributed by atoms with van der Waals surface area (Å²) in [4.78, 5) is 16.9. The molecule has 2 heterocycles. The van der Waals surface area contributed by atoms with Crippen LogP contribution < -0.4 is 14.2 Å². The standard InChI is InChI=1S/C17H21N3O5/c1-4-22-7-8-23-17-18-15(20(19-17)16(21)11(2)3)12-5-6-13-14(9-12)25-10-24-13/h5-6,9,11H,4,7-8,10H2,1-3H3. The molecular weight excluding hydrogens is 326 g/mol. The van der Waals surface area contributed by atoms with Crippen LogP contribution in [0.5, 0.6) is 17.5 Å². The lowest BCUT2D eigenvalue weighted by atomic mass is 10.1. The monoisotopic (exact) mass is 347 g/mol. The predicted molar refractivity (Wildman–Crippen MR) is 89.0 cm³/mol. The van der Waals surface area contributed by atoms with Gasteiger partial charge in [0, 0.05) is 18.1 Å². The van der Waals surface area contributed by atoms with Crippen molar-refractivity contribution in [2.24, 2.45) is 5.92 Å². The fourth-order valence-corrected chi connectivity index (χ4v) is 2.31. The summed E-state index contributed by atoms with van der Waals surface area (Å²) >= 11 is 0. The van der Waals surface area contributed by atoms with Gasteiger partial charge < -0.3 is 18.9 Å². The molecule has 134 valence electrons. The van der Waals surface area contributed by atoms with Crippen LogP contribution in [0.15, 0.2) is 18.2 Å². The molecule has 0 amide bonds. The van der Waals surface area contributed by atoms with Crippen molar-refractivity contribution in [3.8, 4) is 28.9 Å². The number of hydrogen-bond donors (Lipinski definition) is 0. The normalized spacial score (nSPS) is 12.6. The van der Waals surface area contributed by atoms with E-state index in [1.807, 2.05) is 26.8 Å². The van der Waals surface area contributed by atoms with E-state index in [0.29, 0.717) is 42.7 Å². The van der Waals surface area contributed by atoms with Crippen LogP contribution in [-0.4, -0.2) is 47.3 Å². The first kappa shape index (κ1) is 17.2. The number of ether oxygens (including phenoxy) is 4. The highest BCUT2D eigenvalue weighted by atomic mass is 16.7. The number of carbonyl (C=O) groups excluding carboxylic acids is 1. The predicted octanol–water partition coefficient (Wildman–Crippen LogP) is 2.39. The van der Waals surface area contributed by atoms with E-state index in [1.54, 1.807) is 12.1 Å². The van der Waals surface area contributed by atoms with Gasteiger partial charge >= 0.3 is 6.01 Å². The number of hydrogen-bond acceptors (Lipinski definition) is 7. The van der Waals surface area contributed by atoms with Crippen LogP contribution in [0.25, 0.3) is 11.4 Å². The highest BCUT2D eigenvalue weighted by Gasteiger charge is 2.23. The van der Waals surface area contributed by atoms with Crippen molar-refractivity contribution in [3.05, 3.63) is 18.2 Å². The van der Waals surface area contributed by atoms with Crippen LogP contribution in [0.3, 0.4) is 0 Å². The average molecular weight is 347 g/mol. The van der Waals surface area contributed by atoms with Crippen molar-refractivity contribution in [3.63, 3.8) is 0 Å². The summed E-state index contributed by atoms with van der Waals surface area (Å²) in [7, 11) is 0. The van der Waals surface area contributed by atoms with Crippen molar-refractivity contribution in [1.29, 1.82) is 0 Å². The summed E-state index contributed by atoms with van der Waals surface area (Å²) < 4.78 is 22.7.